The third-order valence-electron chi connectivity index (χ3n) is 4.98. The van der Waals surface area contributed by atoms with Gasteiger partial charge in [-0.2, -0.15) is 0 Å². The van der Waals surface area contributed by atoms with Crippen LogP contribution in [0.2, 0.25) is 0 Å². The van der Waals surface area contributed by atoms with E-state index in [-0.39, 0.29) is 29.4 Å². The second-order valence-electron chi connectivity index (χ2n) is 6.56. The van der Waals surface area contributed by atoms with E-state index in [0.717, 1.165) is 35.6 Å². The van der Waals surface area contributed by atoms with Crippen LogP contribution < -0.4 is 10.6 Å². The molecule has 2 N–H and O–H groups in total. The lowest BCUT2D eigenvalue weighted by molar-refractivity contribution is 0.244. The Balaban J connectivity index is 0.00000243. The molecule has 1 saturated carbocycles. The average molecular weight is 529 g/mol. The number of nitrogens with zero attached hydrogens (tertiary/aromatic N) is 2. The highest BCUT2D eigenvalue weighted by Crippen LogP contribution is 2.43. The molecule has 1 aliphatic carbocycles. The SMILES string of the molecule is CN=C(NCCc1ccccn1)NCC1(c2ccc(Br)cc2)CCC1.I. The van der Waals surface area contributed by atoms with Crippen molar-refractivity contribution in [2.24, 2.45) is 4.99 Å². The Morgan fingerprint density at radius 3 is 2.50 bits per heavy atom. The van der Waals surface area contributed by atoms with E-state index in [1.807, 2.05) is 25.4 Å². The summed E-state index contributed by atoms with van der Waals surface area (Å²) in [5.41, 5.74) is 2.74. The molecule has 2 aromatic rings. The molecule has 1 aromatic heterocycles. The molecule has 140 valence electrons. The molecule has 26 heavy (non-hydrogen) atoms. The van der Waals surface area contributed by atoms with Crippen molar-refractivity contribution in [3.63, 3.8) is 0 Å². The Morgan fingerprint density at radius 2 is 1.92 bits per heavy atom. The van der Waals surface area contributed by atoms with Gasteiger partial charge in [-0.25, -0.2) is 0 Å². The Bertz CT molecular complexity index is 700. The first-order valence-electron chi connectivity index (χ1n) is 8.82. The number of aliphatic imine (C=N–C) groups is 1. The van der Waals surface area contributed by atoms with Gasteiger partial charge in [0.25, 0.3) is 0 Å². The molecule has 0 amide bonds. The van der Waals surface area contributed by atoms with Gasteiger partial charge >= 0.3 is 0 Å². The van der Waals surface area contributed by atoms with Gasteiger partial charge < -0.3 is 10.6 Å². The fourth-order valence-corrected chi connectivity index (χ4v) is 3.57. The number of nitrogens with one attached hydrogen (secondary N) is 2. The molecular weight excluding hydrogens is 503 g/mol. The predicted molar refractivity (Wildman–Crippen MR) is 122 cm³/mol. The van der Waals surface area contributed by atoms with Crippen LogP contribution in [0.5, 0.6) is 0 Å². The largest absolute Gasteiger partial charge is 0.356 e. The van der Waals surface area contributed by atoms with E-state index < -0.39 is 0 Å². The number of benzene rings is 1. The van der Waals surface area contributed by atoms with Crippen LogP contribution in [0.15, 0.2) is 58.1 Å². The van der Waals surface area contributed by atoms with E-state index in [2.05, 4.69) is 66.9 Å². The number of pyridine rings is 1. The summed E-state index contributed by atoms with van der Waals surface area (Å²) in [4.78, 5) is 8.71. The first kappa shape index (κ1) is 21.2. The fourth-order valence-electron chi connectivity index (χ4n) is 3.30. The minimum atomic E-state index is 0. The van der Waals surface area contributed by atoms with Gasteiger partial charge in [-0.3, -0.25) is 9.98 Å². The van der Waals surface area contributed by atoms with Crippen LogP contribution in [0.25, 0.3) is 0 Å². The van der Waals surface area contributed by atoms with E-state index in [1.54, 1.807) is 0 Å². The lowest BCUT2D eigenvalue weighted by Crippen LogP contribution is -2.49. The molecule has 0 spiro atoms. The molecule has 4 nitrogen and oxygen atoms in total. The number of hydrogen-bond acceptors (Lipinski definition) is 2. The number of guanidine groups is 1. The number of hydrogen-bond donors (Lipinski definition) is 2. The Hall–Kier alpha value is -1.15. The van der Waals surface area contributed by atoms with Gasteiger partial charge in [0.1, 0.15) is 0 Å². The van der Waals surface area contributed by atoms with Gasteiger partial charge in [-0.05, 0) is 42.7 Å². The van der Waals surface area contributed by atoms with Crippen molar-refractivity contribution in [2.45, 2.75) is 31.1 Å². The summed E-state index contributed by atoms with van der Waals surface area (Å²) >= 11 is 3.52. The molecule has 1 aliphatic rings. The third-order valence-corrected chi connectivity index (χ3v) is 5.51. The highest BCUT2D eigenvalue weighted by atomic mass is 127. The maximum Gasteiger partial charge on any atom is 0.191 e. The fraction of sp³-hybridized carbons (Fsp3) is 0.400. The molecular formula is C20H26BrIN4. The molecule has 6 heteroatoms. The predicted octanol–water partition coefficient (Wildman–Crippen LogP) is 4.29. The molecule has 0 atom stereocenters. The van der Waals surface area contributed by atoms with Crippen molar-refractivity contribution in [2.75, 3.05) is 20.1 Å². The van der Waals surface area contributed by atoms with Gasteiger partial charge in [0, 0.05) is 48.3 Å². The van der Waals surface area contributed by atoms with Crippen LogP contribution in [0, 0.1) is 0 Å². The Kier molecular flexibility index (Phi) is 8.34. The van der Waals surface area contributed by atoms with E-state index in [1.165, 1.54) is 24.8 Å². The van der Waals surface area contributed by atoms with Crippen molar-refractivity contribution in [1.29, 1.82) is 0 Å². The summed E-state index contributed by atoms with van der Waals surface area (Å²) in [7, 11) is 1.82. The summed E-state index contributed by atoms with van der Waals surface area (Å²) in [6.07, 6.45) is 6.48. The zero-order valence-electron chi connectivity index (χ0n) is 15.0. The van der Waals surface area contributed by atoms with Crippen molar-refractivity contribution in [3.8, 4) is 0 Å². The topological polar surface area (TPSA) is 49.3 Å². The molecule has 1 heterocycles. The molecule has 1 aromatic carbocycles. The quantitative estimate of drug-likeness (QED) is 0.334. The minimum absolute atomic E-state index is 0. The Labute approximate surface area is 181 Å². The summed E-state index contributed by atoms with van der Waals surface area (Å²) < 4.78 is 1.13. The summed E-state index contributed by atoms with van der Waals surface area (Å²) in [6, 6.07) is 14.8. The van der Waals surface area contributed by atoms with Crippen LogP contribution in [-0.4, -0.2) is 31.1 Å². The standard InChI is InChI=1S/C20H25BrN4.HI/c1-22-19(24-14-10-18-5-2-3-13-23-18)25-15-20(11-4-12-20)16-6-8-17(21)9-7-16;/h2-3,5-9,13H,4,10-12,14-15H2,1H3,(H2,22,24,25);1H. The highest BCUT2D eigenvalue weighted by molar-refractivity contribution is 14.0. The van der Waals surface area contributed by atoms with Crippen molar-refractivity contribution in [3.05, 3.63) is 64.4 Å². The van der Waals surface area contributed by atoms with Crippen LogP contribution in [0.1, 0.15) is 30.5 Å². The molecule has 1 fully saturated rings. The zero-order chi connectivity index (χ0) is 17.5. The smallest absolute Gasteiger partial charge is 0.191 e. The maximum absolute atomic E-state index is 4.35. The Morgan fingerprint density at radius 1 is 1.15 bits per heavy atom. The van der Waals surface area contributed by atoms with Crippen LogP contribution >= 0.6 is 39.9 Å². The molecule has 0 aliphatic heterocycles. The van der Waals surface area contributed by atoms with E-state index in [4.69, 9.17) is 0 Å². The zero-order valence-corrected chi connectivity index (χ0v) is 19.0. The minimum Gasteiger partial charge on any atom is -0.356 e. The summed E-state index contributed by atoms with van der Waals surface area (Å²) in [5.74, 6) is 0.860. The van der Waals surface area contributed by atoms with Gasteiger partial charge in [0.2, 0.25) is 0 Å². The van der Waals surface area contributed by atoms with E-state index in [9.17, 15) is 0 Å². The monoisotopic (exact) mass is 528 g/mol. The van der Waals surface area contributed by atoms with Gasteiger partial charge in [-0.1, -0.05) is 40.5 Å². The average Bonchev–Trinajstić information content (AvgIpc) is 2.61. The normalized spacial score (nSPS) is 15.5. The van der Waals surface area contributed by atoms with Gasteiger partial charge in [-0.15, -0.1) is 24.0 Å². The van der Waals surface area contributed by atoms with Crippen molar-refractivity contribution >= 4 is 45.9 Å². The van der Waals surface area contributed by atoms with Crippen molar-refractivity contribution < 1.29 is 0 Å². The molecule has 0 saturated heterocycles. The van der Waals surface area contributed by atoms with Gasteiger partial charge in [0.05, 0.1) is 0 Å². The van der Waals surface area contributed by atoms with E-state index >= 15 is 0 Å². The lowest BCUT2D eigenvalue weighted by atomic mass is 9.64. The van der Waals surface area contributed by atoms with Crippen LogP contribution in [-0.2, 0) is 11.8 Å². The first-order valence-corrected chi connectivity index (χ1v) is 9.62. The lowest BCUT2D eigenvalue weighted by Gasteiger charge is -2.43. The van der Waals surface area contributed by atoms with Crippen LogP contribution in [0.4, 0.5) is 0 Å². The number of aromatic nitrogens is 1. The van der Waals surface area contributed by atoms with Crippen LogP contribution in [0.3, 0.4) is 0 Å². The van der Waals surface area contributed by atoms with Gasteiger partial charge in [0.15, 0.2) is 5.96 Å². The highest BCUT2D eigenvalue weighted by Gasteiger charge is 2.38. The third kappa shape index (κ3) is 5.42. The maximum atomic E-state index is 4.35. The van der Waals surface area contributed by atoms with Crippen molar-refractivity contribution in [1.82, 2.24) is 15.6 Å². The molecule has 0 bridgehead atoms. The summed E-state index contributed by atoms with van der Waals surface area (Å²) in [6.45, 7) is 1.74. The molecule has 0 unspecified atom stereocenters. The first-order chi connectivity index (χ1) is 12.2. The van der Waals surface area contributed by atoms with E-state index in [0.29, 0.717) is 0 Å². The molecule has 3 rings (SSSR count). The second kappa shape index (κ2) is 10.3. The second-order valence-corrected chi connectivity index (χ2v) is 7.48. The molecule has 0 radical (unpaired) electrons. The number of halogens is 2. The summed E-state index contributed by atoms with van der Waals surface area (Å²) in [5, 5.41) is 6.91. The number of rotatable bonds is 6.